The molecule has 0 spiro atoms. The minimum atomic E-state index is -0.252. The summed E-state index contributed by atoms with van der Waals surface area (Å²) in [5, 5.41) is 2.04. The molecule has 1 heterocycles. The van der Waals surface area contributed by atoms with Crippen LogP contribution in [-0.2, 0) is 0 Å². The maximum Gasteiger partial charge on any atom is 0.123 e. The molecular weight excluding hydrogens is 264 g/mol. The van der Waals surface area contributed by atoms with Crippen molar-refractivity contribution in [2.24, 2.45) is 0 Å². The molecule has 1 aliphatic rings. The Kier molecular flexibility index (Phi) is 3.25. The highest BCUT2D eigenvalue weighted by atomic mass is 32.2. The first-order chi connectivity index (χ1) is 9.24. The van der Waals surface area contributed by atoms with Crippen LogP contribution in [0, 0.1) is 11.6 Å². The third kappa shape index (κ3) is 2.49. The molecule has 0 N–H and O–H groups in total. The summed E-state index contributed by atoms with van der Waals surface area (Å²) in [5.74, 6) is -0.494. The molecule has 1 aliphatic heterocycles. The van der Waals surface area contributed by atoms with Gasteiger partial charge in [0.25, 0.3) is 0 Å². The Hall–Kier alpha value is -1.81. The fourth-order valence-electron chi connectivity index (χ4n) is 2.02. The fourth-order valence-corrected chi connectivity index (χ4v) is 3.01. The van der Waals surface area contributed by atoms with E-state index in [0.29, 0.717) is 0 Å². The van der Waals surface area contributed by atoms with Crippen LogP contribution in [0.5, 0.6) is 0 Å². The van der Waals surface area contributed by atoms with Gasteiger partial charge < -0.3 is 4.90 Å². The summed E-state index contributed by atoms with van der Waals surface area (Å²) in [6.45, 7) is 0. The second-order valence-corrected chi connectivity index (χ2v) is 5.20. The van der Waals surface area contributed by atoms with Crippen LogP contribution in [-0.4, -0.2) is 0 Å². The number of halogens is 2. The maximum atomic E-state index is 13.0. The second kappa shape index (κ2) is 5.05. The van der Waals surface area contributed by atoms with E-state index in [9.17, 15) is 8.78 Å². The lowest BCUT2D eigenvalue weighted by Gasteiger charge is -2.25. The first-order valence-corrected chi connectivity index (χ1v) is 6.80. The summed E-state index contributed by atoms with van der Waals surface area (Å²) in [4.78, 5) is 2.04. The van der Waals surface area contributed by atoms with E-state index in [-0.39, 0.29) is 17.0 Å². The number of thioether (sulfide) groups is 1. The van der Waals surface area contributed by atoms with Crippen molar-refractivity contribution in [3.8, 4) is 0 Å². The summed E-state index contributed by atoms with van der Waals surface area (Å²) < 4.78 is 25.9. The molecule has 1 nitrogen and oxygen atoms in total. The van der Waals surface area contributed by atoms with Gasteiger partial charge in [-0.3, -0.25) is 0 Å². The highest BCUT2D eigenvalue weighted by molar-refractivity contribution is 8.02. The zero-order valence-corrected chi connectivity index (χ0v) is 10.8. The van der Waals surface area contributed by atoms with Crippen LogP contribution in [0.2, 0.25) is 0 Å². The summed E-state index contributed by atoms with van der Waals surface area (Å²) in [7, 11) is 0. The van der Waals surface area contributed by atoms with Gasteiger partial charge in [-0.2, -0.15) is 0 Å². The van der Waals surface area contributed by atoms with E-state index in [1.54, 1.807) is 36.0 Å². The summed E-state index contributed by atoms with van der Waals surface area (Å²) in [6, 6.07) is 12.8. The Balaban J connectivity index is 1.90. The molecule has 0 aliphatic carbocycles. The van der Waals surface area contributed by atoms with Crippen LogP contribution in [0.25, 0.3) is 0 Å². The number of hydrogen-bond donors (Lipinski definition) is 0. The maximum absolute atomic E-state index is 13.0. The highest BCUT2D eigenvalue weighted by Crippen LogP contribution is 2.41. The molecule has 0 saturated heterocycles. The topological polar surface area (TPSA) is 3.24 Å². The number of nitrogens with zero attached hydrogens (tertiary/aromatic N) is 1. The molecule has 2 aromatic rings. The van der Waals surface area contributed by atoms with Crippen molar-refractivity contribution < 1.29 is 8.78 Å². The van der Waals surface area contributed by atoms with Gasteiger partial charge in [-0.25, -0.2) is 8.78 Å². The molecule has 2 aromatic carbocycles. The molecule has 1 atom stereocenters. The van der Waals surface area contributed by atoms with Gasteiger partial charge in [0.1, 0.15) is 17.0 Å². The third-order valence-electron chi connectivity index (χ3n) is 2.96. The Labute approximate surface area is 114 Å². The van der Waals surface area contributed by atoms with Gasteiger partial charge in [0, 0.05) is 11.9 Å². The van der Waals surface area contributed by atoms with Gasteiger partial charge in [0.2, 0.25) is 0 Å². The molecule has 96 valence electrons. The van der Waals surface area contributed by atoms with E-state index in [0.717, 1.165) is 11.3 Å². The molecule has 0 bridgehead atoms. The molecular formula is C15H11F2NS. The zero-order chi connectivity index (χ0) is 13.2. The number of hydrogen-bond acceptors (Lipinski definition) is 2. The van der Waals surface area contributed by atoms with E-state index in [4.69, 9.17) is 0 Å². The highest BCUT2D eigenvalue weighted by Gasteiger charge is 2.23. The summed E-state index contributed by atoms with van der Waals surface area (Å²) in [5.41, 5.74) is 1.93. The van der Waals surface area contributed by atoms with E-state index >= 15 is 0 Å². The Morgan fingerprint density at radius 1 is 0.842 bits per heavy atom. The van der Waals surface area contributed by atoms with Crippen molar-refractivity contribution in [3.05, 3.63) is 77.3 Å². The van der Waals surface area contributed by atoms with Crippen molar-refractivity contribution in [1.29, 1.82) is 0 Å². The van der Waals surface area contributed by atoms with Crippen LogP contribution >= 0.6 is 11.8 Å². The lowest BCUT2D eigenvalue weighted by Crippen LogP contribution is -2.16. The molecule has 4 heteroatoms. The Bertz CT molecular complexity index is 593. The normalized spacial score (nSPS) is 18.0. The van der Waals surface area contributed by atoms with E-state index in [2.05, 4.69) is 0 Å². The third-order valence-corrected chi connectivity index (χ3v) is 4.00. The van der Waals surface area contributed by atoms with Crippen molar-refractivity contribution in [1.82, 2.24) is 0 Å². The van der Waals surface area contributed by atoms with Gasteiger partial charge in [-0.15, -0.1) is 11.8 Å². The molecule has 0 saturated carbocycles. The molecule has 0 fully saturated rings. The first kappa shape index (κ1) is 12.2. The second-order valence-electron chi connectivity index (χ2n) is 4.21. The predicted molar refractivity (Wildman–Crippen MR) is 74.8 cm³/mol. The van der Waals surface area contributed by atoms with Crippen molar-refractivity contribution in [2.45, 2.75) is 5.37 Å². The number of rotatable bonds is 2. The van der Waals surface area contributed by atoms with E-state index in [1.807, 2.05) is 16.5 Å². The Morgan fingerprint density at radius 3 is 2.05 bits per heavy atom. The van der Waals surface area contributed by atoms with Gasteiger partial charge in [-0.05, 0) is 47.4 Å². The SMILES string of the molecule is Fc1ccc(C2SC=CN2c2ccc(F)cc2)cc1. The zero-order valence-electron chi connectivity index (χ0n) is 9.96. The van der Waals surface area contributed by atoms with Crippen LogP contribution in [0.1, 0.15) is 10.9 Å². The smallest absolute Gasteiger partial charge is 0.123 e. The molecule has 1 unspecified atom stereocenters. The van der Waals surface area contributed by atoms with Gasteiger partial charge in [-0.1, -0.05) is 12.1 Å². The Morgan fingerprint density at radius 2 is 1.42 bits per heavy atom. The molecule has 0 radical (unpaired) electrons. The average Bonchev–Trinajstić information content (AvgIpc) is 2.90. The van der Waals surface area contributed by atoms with E-state index < -0.39 is 0 Å². The molecule has 0 amide bonds. The first-order valence-electron chi connectivity index (χ1n) is 5.85. The minimum absolute atomic E-state index is 0.0612. The van der Waals surface area contributed by atoms with Gasteiger partial charge in [0.05, 0.1) is 0 Å². The summed E-state index contributed by atoms with van der Waals surface area (Å²) in [6.07, 6.45) is 1.95. The van der Waals surface area contributed by atoms with Crippen LogP contribution in [0.3, 0.4) is 0 Å². The average molecular weight is 275 g/mol. The van der Waals surface area contributed by atoms with Gasteiger partial charge in [0.15, 0.2) is 0 Å². The molecule has 0 aromatic heterocycles. The quantitative estimate of drug-likeness (QED) is 0.782. The standard InChI is InChI=1S/C15H11F2NS/c16-12-3-1-11(2-4-12)15-18(9-10-19-15)14-7-5-13(17)6-8-14/h1-10,15H. The lowest BCUT2D eigenvalue weighted by atomic mass is 10.2. The van der Waals surface area contributed by atoms with E-state index in [1.165, 1.54) is 24.3 Å². The minimum Gasteiger partial charge on any atom is -0.331 e. The largest absolute Gasteiger partial charge is 0.331 e. The van der Waals surface area contributed by atoms with Crippen LogP contribution < -0.4 is 4.90 Å². The monoisotopic (exact) mass is 275 g/mol. The predicted octanol–water partition coefficient (Wildman–Crippen LogP) is 4.69. The van der Waals surface area contributed by atoms with Crippen LogP contribution in [0.15, 0.2) is 60.1 Å². The van der Waals surface area contributed by atoms with Crippen molar-refractivity contribution >= 4 is 17.4 Å². The lowest BCUT2D eigenvalue weighted by molar-refractivity contribution is 0.626. The number of benzene rings is 2. The van der Waals surface area contributed by atoms with Gasteiger partial charge >= 0.3 is 0 Å². The summed E-state index contributed by atoms with van der Waals surface area (Å²) >= 11 is 1.64. The number of anilines is 1. The van der Waals surface area contributed by atoms with Crippen molar-refractivity contribution in [2.75, 3.05) is 4.90 Å². The molecule has 3 rings (SSSR count). The fraction of sp³-hybridized carbons (Fsp3) is 0.0667. The van der Waals surface area contributed by atoms with Crippen molar-refractivity contribution in [3.63, 3.8) is 0 Å². The van der Waals surface area contributed by atoms with Crippen LogP contribution in [0.4, 0.5) is 14.5 Å². The molecule has 19 heavy (non-hydrogen) atoms.